The second kappa shape index (κ2) is 7.54. The van der Waals surface area contributed by atoms with Crippen molar-refractivity contribution in [2.45, 2.75) is 13.5 Å². The predicted molar refractivity (Wildman–Crippen MR) is 110 cm³/mol. The van der Waals surface area contributed by atoms with E-state index in [1.165, 1.54) is 16.0 Å². The number of nitrogens with one attached hydrogen (secondary N) is 3. The van der Waals surface area contributed by atoms with Crippen LogP contribution in [0.2, 0.25) is 0 Å². The summed E-state index contributed by atoms with van der Waals surface area (Å²) in [5, 5.41) is 1.04. The highest BCUT2D eigenvalue weighted by molar-refractivity contribution is 6.08. The number of piperazine rings is 1. The Morgan fingerprint density at radius 1 is 1.00 bits per heavy atom. The van der Waals surface area contributed by atoms with Gasteiger partial charge in [0.1, 0.15) is 39.3 Å². The van der Waals surface area contributed by atoms with Crippen LogP contribution >= 0.6 is 0 Å². The molecule has 0 bridgehead atoms. The number of rotatable bonds is 5. The van der Waals surface area contributed by atoms with Crippen LogP contribution in [0.4, 0.5) is 0 Å². The molecule has 1 saturated heterocycles. The molecule has 1 aromatic heterocycles. The second-order valence-electron chi connectivity index (χ2n) is 8.22. The molecular weight excluding hydrogens is 366 g/mol. The van der Waals surface area contributed by atoms with Gasteiger partial charge in [-0.2, -0.15) is 0 Å². The highest BCUT2D eigenvalue weighted by Crippen LogP contribution is 2.32. The molecule has 6 nitrogen and oxygen atoms in total. The molecule has 0 saturated carbocycles. The molecule has 0 atom stereocenters. The van der Waals surface area contributed by atoms with Crippen molar-refractivity contribution in [3.63, 3.8) is 0 Å². The quantitative estimate of drug-likeness (QED) is 0.549. The number of carbonyl (C=O) groups is 1. The predicted octanol–water partition coefficient (Wildman–Crippen LogP) is 0.371. The van der Waals surface area contributed by atoms with Crippen molar-refractivity contribution in [2.75, 3.05) is 39.5 Å². The van der Waals surface area contributed by atoms with Crippen molar-refractivity contribution in [3.05, 3.63) is 59.3 Å². The maximum absolute atomic E-state index is 12.9. The lowest BCUT2D eigenvalue weighted by Crippen LogP contribution is -3.27. The summed E-state index contributed by atoms with van der Waals surface area (Å²) < 4.78 is 10.9. The molecule has 2 aliphatic rings. The third-order valence-electron chi connectivity index (χ3n) is 6.10. The fraction of sp³-hybridized carbons (Fsp3) is 0.348. The first-order chi connectivity index (χ1) is 14.2. The summed E-state index contributed by atoms with van der Waals surface area (Å²) in [5.41, 5.74) is 4.32. The van der Waals surface area contributed by atoms with Crippen molar-refractivity contribution in [1.29, 1.82) is 0 Å². The Labute approximate surface area is 170 Å². The van der Waals surface area contributed by atoms with Crippen LogP contribution in [0.15, 0.2) is 42.6 Å². The fourth-order valence-corrected chi connectivity index (χ4v) is 4.44. The van der Waals surface area contributed by atoms with Gasteiger partial charge < -0.3 is 24.3 Å². The second-order valence-corrected chi connectivity index (χ2v) is 8.22. The van der Waals surface area contributed by atoms with Crippen LogP contribution in [0.3, 0.4) is 0 Å². The lowest BCUT2D eigenvalue weighted by molar-refractivity contribution is -1.01. The Hall–Kier alpha value is -2.83. The van der Waals surface area contributed by atoms with E-state index in [9.17, 15) is 4.79 Å². The number of Topliss-reactive ketones (excluding diaryl/α,β-unsaturated/α-hetero) is 1. The summed E-state index contributed by atoms with van der Waals surface area (Å²) >= 11 is 0. The molecule has 5 rings (SSSR count). The number of aromatic nitrogens is 1. The van der Waals surface area contributed by atoms with Gasteiger partial charge in [0.15, 0.2) is 11.5 Å². The molecule has 150 valence electrons. The first-order valence-corrected chi connectivity index (χ1v) is 10.3. The smallest absolute Gasteiger partial charge is 0.231 e. The molecule has 29 heavy (non-hydrogen) atoms. The van der Waals surface area contributed by atoms with Gasteiger partial charge in [0.2, 0.25) is 12.6 Å². The average molecular weight is 393 g/mol. The molecule has 2 aromatic carbocycles. The normalized spacial score (nSPS) is 20.9. The van der Waals surface area contributed by atoms with E-state index in [4.69, 9.17) is 9.47 Å². The molecule has 2 aliphatic heterocycles. The minimum atomic E-state index is 0.232. The number of hydrogen-bond acceptors (Lipinski definition) is 3. The van der Waals surface area contributed by atoms with Crippen LogP contribution in [0.5, 0.6) is 11.5 Å². The van der Waals surface area contributed by atoms with Gasteiger partial charge in [0, 0.05) is 28.2 Å². The summed E-state index contributed by atoms with van der Waals surface area (Å²) in [6.45, 7) is 8.12. The maximum Gasteiger partial charge on any atom is 0.231 e. The summed E-state index contributed by atoms with van der Waals surface area (Å²) in [4.78, 5) is 19.1. The van der Waals surface area contributed by atoms with Crippen molar-refractivity contribution >= 4 is 16.7 Å². The number of aromatic amines is 1. The molecule has 0 radical (unpaired) electrons. The molecule has 3 aromatic rings. The van der Waals surface area contributed by atoms with E-state index >= 15 is 0 Å². The zero-order valence-electron chi connectivity index (χ0n) is 16.7. The van der Waals surface area contributed by atoms with Crippen LogP contribution in [0.25, 0.3) is 10.9 Å². The number of hydrogen-bond donors (Lipinski definition) is 3. The third-order valence-corrected chi connectivity index (χ3v) is 6.10. The van der Waals surface area contributed by atoms with E-state index in [2.05, 4.69) is 36.2 Å². The standard InChI is InChI=1S/C23H25N3O3/c1-16-2-4-20-18(10-16)19(12-24-20)21(27)14-26-8-6-25(7-9-26)13-17-3-5-22-23(11-17)29-15-28-22/h2-5,10-12,24H,6-9,13-15H2,1H3/p+2. The van der Waals surface area contributed by atoms with E-state index in [1.54, 1.807) is 4.90 Å². The van der Waals surface area contributed by atoms with E-state index in [-0.39, 0.29) is 5.78 Å². The third kappa shape index (κ3) is 3.73. The molecule has 1 fully saturated rings. The van der Waals surface area contributed by atoms with Gasteiger partial charge in [-0.3, -0.25) is 4.79 Å². The Balaban J connectivity index is 1.17. The Kier molecular flexibility index (Phi) is 4.73. The first kappa shape index (κ1) is 18.2. The van der Waals surface area contributed by atoms with Crippen molar-refractivity contribution in [1.82, 2.24) is 4.98 Å². The molecule has 0 unspecified atom stereocenters. The van der Waals surface area contributed by atoms with Crippen molar-refractivity contribution in [2.24, 2.45) is 0 Å². The topological polar surface area (TPSA) is 60.2 Å². The van der Waals surface area contributed by atoms with Crippen LogP contribution in [0.1, 0.15) is 21.5 Å². The van der Waals surface area contributed by atoms with E-state index in [0.29, 0.717) is 13.3 Å². The minimum Gasteiger partial charge on any atom is -0.454 e. The van der Waals surface area contributed by atoms with Gasteiger partial charge in [-0.15, -0.1) is 0 Å². The molecule has 3 N–H and O–H groups in total. The van der Waals surface area contributed by atoms with Crippen LogP contribution in [-0.4, -0.2) is 50.3 Å². The van der Waals surface area contributed by atoms with Crippen LogP contribution in [-0.2, 0) is 6.54 Å². The monoisotopic (exact) mass is 393 g/mol. The Morgan fingerprint density at radius 2 is 1.79 bits per heavy atom. The zero-order valence-corrected chi connectivity index (χ0v) is 16.7. The van der Waals surface area contributed by atoms with Crippen molar-refractivity contribution in [3.8, 4) is 11.5 Å². The Morgan fingerprint density at radius 3 is 2.66 bits per heavy atom. The number of ether oxygens (including phenoxy) is 2. The number of ketones is 1. The Bertz CT molecular complexity index is 1050. The first-order valence-electron chi connectivity index (χ1n) is 10.3. The number of quaternary nitrogens is 2. The van der Waals surface area contributed by atoms with Crippen LogP contribution in [0, 0.1) is 6.92 Å². The zero-order chi connectivity index (χ0) is 19.8. The summed E-state index contributed by atoms with van der Waals surface area (Å²) in [6.07, 6.45) is 1.87. The van der Waals surface area contributed by atoms with Crippen molar-refractivity contribution < 1.29 is 24.1 Å². The average Bonchev–Trinajstić information content (AvgIpc) is 3.35. The highest BCUT2D eigenvalue weighted by Gasteiger charge is 2.26. The summed E-state index contributed by atoms with van der Waals surface area (Å²) in [7, 11) is 0. The molecular formula is C23H27N3O3+2. The number of fused-ring (bicyclic) bond motifs is 2. The molecule has 3 heterocycles. The van der Waals surface area contributed by atoms with Gasteiger partial charge in [-0.05, 0) is 37.3 Å². The lowest BCUT2D eigenvalue weighted by atomic mass is 10.1. The van der Waals surface area contributed by atoms with Gasteiger partial charge in [-0.1, -0.05) is 11.6 Å². The van der Waals surface area contributed by atoms with Gasteiger partial charge in [-0.25, -0.2) is 0 Å². The van der Waals surface area contributed by atoms with Crippen LogP contribution < -0.4 is 19.3 Å². The van der Waals surface area contributed by atoms with E-state index < -0.39 is 0 Å². The number of H-pyrrole nitrogens is 1. The summed E-state index contributed by atoms with van der Waals surface area (Å²) in [6, 6.07) is 12.4. The SMILES string of the molecule is Cc1ccc2[nH]cc(C(=O)C[NH+]3CC[NH+](Cc4ccc5c(c4)OCO5)CC3)c2c1. The number of benzene rings is 2. The maximum atomic E-state index is 12.9. The van der Waals surface area contributed by atoms with Gasteiger partial charge in [0.25, 0.3) is 0 Å². The molecule has 6 heteroatoms. The van der Waals surface area contributed by atoms with Gasteiger partial charge >= 0.3 is 0 Å². The largest absolute Gasteiger partial charge is 0.454 e. The molecule has 0 spiro atoms. The lowest BCUT2D eigenvalue weighted by Gasteiger charge is -2.29. The minimum absolute atomic E-state index is 0.232. The molecule has 0 amide bonds. The number of aryl methyl sites for hydroxylation is 1. The molecule has 0 aliphatic carbocycles. The van der Waals surface area contributed by atoms with E-state index in [0.717, 1.165) is 60.7 Å². The number of carbonyl (C=O) groups excluding carboxylic acids is 1. The van der Waals surface area contributed by atoms with E-state index in [1.807, 2.05) is 18.3 Å². The fourth-order valence-electron chi connectivity index (χ4n) is 4.44. The summed E-state index contributed by atoms with van der Waals surface area (Å²) in [5.74, 6) is 1.92. The van der Waals surface area contributed by atoms with Gasteiger partial charge in [0.05, 0.1) is 0 Å². The highest BCUT2D eigenvalue weighted by atomic mass is 16.7.